The molecule has 6 nitrogen and oxygen atoms in total. The number of fused-ring (bicyclic) bond motifs is 2. The Labute approximate surface area is 289 Å². The molecule has 9 rings (SSSR count). The van der Waals surface area contributed by atoms with E-state index in [1.165, 1.54) is 9.80 Å². The van der Waals surface area contributed by atoms with Gasteiger partial charge in [-0.15, -0.1) is 0 Å². The Hall–Kier alpha value is -5.88. The number of rotatable bonds is 6. The zero-order valence-electron chi connectivity index (χ0n) is 28.4. The van der Waals surface area contributed by atoms with Crippen molar-refractivity contribution < 1.29 is 19.2 Å². The quantitative estimate of drug-likeness (QED) is 0.102. The van der Waals surface area contributed by atoms with E-state index in [4.69, 9.17) is 0 Å². The van der Waals surface area contributed by atoms with Crippen LogP contribution < -0.4 is 9.80 Å². The number of aryl methyl sites for hydroxylation is 4. The van der Waals surface area contributed by atoms with Gasteiger partial charge in [0.1, 0.15) is 0 Å². The Morgan fingerprint density at radius 2 is 0.620 bits per heavy atom. The summed E-state index contributed by atoms with van der Waals surface area (Å²) in [7, 11) is 0. The molecule has 0 fully saturated rings. The van der Waals surface area contributed by atoms with Crippen molar-refractivity contribution in [2.75, 3.05) is 9.80 Å². The number of carbonyl (C=O) groups is 4. The van der Waals surface area contributed by atoms with Gasteiger partial charge in [0.05, 0.1) is 11.4 Å². The lowest BCUT2D eigenvalue weighted by atomic mass is 9.82. The fraction of sp³-hybridized carbons (Fsp3) is 0.182. The van der Waals surface area contributed by atoms with Gasteiger partial charge in [-0.05, 0) is 105 Å². The van der Waals surface area contributed by atoms with E-state index in [0.29, 0.717) is 70.1 Å². The number of amides is 4. The maximum absolute atomic E-state index is 14.4. The van der Waals surface area contributed by atoms with Gasteiger partial charge in [-0.25, -0.2) is 9.80 Å². The minimum Gasteiger partial charge on any atom is -0.268 e. The van der Waals surface area contributed by atoms with Gasteiger partial charge in [-0.3, -0.25) is 19.2 Å². The molecule has 50 heavy (non-hydrogen) atoms. The molecule has 0 aromatic heterocycles. The first-order valence-corrected chi connectivity index (χ1v) is 17.5. The molecule has 0 N–H and O–H groups in total. The fourth-order valence-electron chi connectivity index (χ4n) is 8.68. The molecule has 244 valence electrons. The smallest absolute Gasteiger partial charge is 0.266 e. The standard InChI is InChI=1S/C44H34N2O4/c1-5-23-11-9-12-24(6-2)39(23)45-41(47)31-19-15-27-29-17-21-33-38-34(44(50)46(43(33)49)40-25(7-3)13-10-14-26(40)8-4)22-18-30(36(29)38)28-16-20-32(42(45)48)37(31)35(27)28/h9-22H,5-8H2,1-4H3. The summed E-state index contributed by atoms with van der Waals surface area (Å²) in [5.74, 6) is -1.30. The fourth-order valence-corrected chi connectivity index (χ4v) is 8.68. The maximum atomic E-state index is 14.4. The number of hydrogen-bond acceptors (Lipinski definition) is 4. The number of para-hydroxylation sites is 2. The highest BCUT2D eigenvalue weighted by Crippen LogP contribution is 2.47. The molecule has 0 bridgehead atoms. The molecule has 0 saturated heterocycles. The molecule has 0 atom stereocenters. The van der Waals surface area contributed by atoms with Crippen LogP contribution in [0.15, 0.2) is 84.9 Å². The minimum atomic E-state index is -0.326. The van der Waals surface area contributed by atoms with Crippen molar-refractivity contribution >= 4 is 78.1 Å². The van der Waals surface area contributed by atoms with Crippen molar-refractivity contribution in [2.24, 2.45) is 0 Å². The van der Waals surface area contributed by atoms with E-state index in [1.807, 2.05) is 113 Å². The van der Waals surface area contributed by atoms with Gasteiger partial charge in [-0.1, -0.05) is 88.4 Å². The SMILES string of the molecule is CCc1cccc(CC)c1N1C(=O)c2ccc3c4ccc5c6c(ccc(c7ccc(c2c37)C1=O)c64)C(=O)N(c1c(CC)cccc1CC)C5=O. The number of imide groups is 2. The van der Waals surface area contributed by atoms with Gasteiger partial charge in [0.15, 0.2) is 0 Å². The van der Waals surface area contributed by atoms with Crippen molar-refractivity contribution in [3.63, 3.8) is 0 Å². The molecule has 2 heterocycles. The van der Waals surface area contributed by atoms with Gasteiger partial charge in [-0.2, -0.15) is 0 Å². The molecule has 2 aliphatic heterocycles. The van der Waals surface area contributed by atoms with Crippen LogP contribution in [0.3, 0.4) is 0 Å². The second kappa shape index (κ2) is 10.8. The molecular weight excluding hydrogens is 620 g/mol. The average Bonchev–Trinajstić information content (AvgIpc) is 3.15. The van der Waals surface area contributed by atoms with E-state index in [1.54, 1.807) is 0 Å². The molecule has 7 aromatic carbocycles. The molecule has 0 saturated carbocycles. The summed E-state index contributed by atoms with van der Waals surface area (Å²) in [6.07, 6.45) is 2.77. The first-order chi connectivity index (χ1) is 24.3. The zero-order chi connectivity index (χ0) is 34.6. The number of nitrogens with zero attached hydrogens (tertiary/aromatic N) is 2. The van der Waals surface area contributed by atoms with Crippen LogP contribution >= 0.6 is 0 Å². The molecule has 4 amide bonds. The number of benzene rings is 7. The van der Waals surface area contributed by atoms with E-state index < -0.39 is 0 Å². The lowest BCUT2D eigenvalue weighted by Gasteiger charge is -2.32. The lowest BCUT2D eigenvalue weighted by Crippen LogP contribution is -2.41. The van der Waals surface area contributed by atoms with Gasteiger partial charge in [0, 0.05) is 33.0 Å². The van der Waals surface area contributed by atoms with Crippen LogP contribution in [0.5, 0.6) is 0 Å². The highest BCUT2D eigenvalue weighted by Gasteiger charge is 2.39. The van der Waals surface area contributed by atoms with E-state index in [-0.39, 0.29) is 23.6 Å². The third-order valence-corrected chi connectivity index (χ3v) is 11.0. The Morgan fingerprint density at radius 1 is 0.360 bits per heavy atom. The van der Waals surface area contributed by atoms with E-state index >= 15 is 0 Å². The van der Waals surface area contributed by atoms with Crippen LogP contribution in [0.2, 0.25) is 0 Å². The van der Waals surface area contributed by atoms with Crippen molar-refractivity contribution in [3.05, 3.63) is 129 Å². The molecule has 6 heteroatoms. The first kappa shape index (κ1) is 30.2. The predicted molar refractivity (Wildman–Crippen MR) is 200 cm³/mol. The lowest BCUT2D eigenvalue weighted by molar-refractivity contribution is 0.0877. The van der Waals surface area contributed by atoms with Gasteiger partial charge >= 0.3 is 0 Å². The summed E-state index contributed by atoms with van der Waals surface area (Å²) >= 11 is 0. The first-order valence-electron chi connectivity index (χ1n) is 17.5. The summed E-state index contributed by atoms with van der Waals surface area (Å²) in [5, 5.41) is 6.49. The van der Waals surface area contributed by atoms with Crippen LogP contribution in [0.1, 0.15) is 91.4 Å². The van der Waals surface area contributed by atoms with Crippen molar-refractivity contribution in [2.45, 2.75) is 53.4 Å². The molecular formula is C44H34N2O4. The molecule has 7 aromatic rings. The van der Waals surface area contributed by atoms with Crippen molar-refractivity contribution in [1.29, 1.82) is 0 Å². The third-order valence-electron chi connectivity index (χ3n) is 11.0. The van der Waals surface area contributed by atoms with Gasteiger partial charge < -0.3 is 0 Å². The molecule has 0 aliphatic carbocycles. The van der Waals surface area contributed by atoms with E-state index in [9.17, 15) is 19.2 Å². The predicted octanol–water partition coefficient (Wildman–Crippen LogP) is 9.59. The molecule has 0 radical (unpaired) electrons. The average molecular weight is 655 g/mol. The van der Waals surface area contributed by atoms with Crippen LogP contribution in [0.25, 0.3) is 43.1 Å². The van der Waals surface area contributed by atoms with E-state index in [2.05, 4.69) is 0 Å². The van der Waals surface area contributed by atoms with Crippen LogP contribution in [-0.2, 0) is 25.7 Å². The van der Waals surface area contributed by atoms with Gasteiger partial charge in [0.2, 0.25) is 0 Å². The number of carbonyl (C=O) groups excluding carboxylic acids is 4. The molecule has 2 aliphatic rings. The topological polar surface area (TPSA) is 74.8 Å². The molecule has 0 unspecified atom stereocenters. The second-order valence-electron chi connectivity index (χ2n) is 13.3. The van der Waals surface area contributed by atoms with Crippen LogP contribution in [-0.4, -0.2) is 23.6 Å². The summed E-state index contributed by atoms with van der Waals surface area (Å²) in [5.41, 5.74) is 7.17. The van der Waals surface area contributed by atoms with Crippen molar-refractivity contribution in [3.8, 4) is 0 Å². The highest BCUT2D eigenvalue weighted by atomic mass is 16.2. The van der Waals surface area contributed by atoms with Gasteiger partial charge in [0.25, 0.3) is 23.6 Å². The number of hydrogen-bond donors (Lipinski definition) is 0. The summed E-state index contributed by atoms with van der Waals surface area (Å²) in [6, 6.07) is 27.1. The normalized spacial score (nSPS) is 14.4. The Kier molecular flexibility index (Phi) is 6.53. The molecule has 0 spiro atoms. The Balaban J connectivity index is 1.29. The third kappa shape index (κ3) is 3.73. The second-order valence-corrected chi connectivity index (χ2v) is 13.3. The Bertz CT molecular complexity index is 2340. The zero-order valence-corrected chi connectivity index (χ0v) is 28.4. The monoisotopic (exact) mass is 654 g/mol. The minimum absolute atomic E-state index is 0.326. The number of anilines is 2. The summed E-state index contributed by atoms with van der Waals surface area (Å²) in [4.78, 5) is 60.3. The Morgan fingerprint density at radius 3 is 0.860 bits per heavy atom. The van der Waals surface area contributed by atoms with E-state index in [0.717, 1.165) is 54.6 Å². The van der Waals surface area contributed by atoms with Crippen LogP contribution in [0, 0.1) is 0 Å². The summed E-state index contributed by atoms with van der Waals surface area (Å²) < 4.78 is 0. The van der Waals surface area contributed by atoms with Crippen molar-refractivity contribution in [1.82, 2.24) is 0 Å². The maximum Gasteiger partial charge on any atom is 0.266 e. The van der Waals surface area contributed by atoms with Crippen LogP contribution in [0.4, 0.5) is 11.4 Å². The largest absolute Gasteiger partial charge is 0.268 e. The summed E-state index contributed by atoms with van der Waals surface area (Å²) in [6.45, 7) is 8.15. The highest BCUT2D eigenvalue weighted by molar-refractivity contribution is 6.45.